The molecule has 0 spiro atoms. The van der Waals surface area contributed by atoms with E-state index < -0.39 is 6.10 Å². The number of phenols is 1. The minimum Gasteiger partial charge on any atom is -0.507 e. The summed E-state index contributed by atoms with van der Waals surface area (Å²) in [4.78, 5) is 0. The molecule has 0 saturated heterocycles. The van der Waals surface area contributed by atoms with E-state index in [4.69, 9.17) is 9.47 Å². The van der Waals surface area contributed by atoms with E-state index in [-0.39, 0.29) is 11.2 Å². The molecule has 0 heterocycles. The van der Waals surface area contributed by atoms with Gasteiger partial charge in [-0.2, -0.15) is 0 Å². The summed E-state index contributed by atoms with van der Waals surface area (Å²) < 4.78 is 10.5. The van der Waals surface area contributed by atoms with E-state index in [2.05, 4.69) is 0 Å². The number of para-hydroxylation sites is 1. The molecule has 2 aromatic carbocycles. The summed E-state index contributed by atoms with van der Waals surface area (Å²) in [7, 11) is 3.12. The average molecular weight is 316 g/mol. The van der Waals surface area contributed by atoms with Crippen molar-refractivity contribution >= 4 is 0 Å². The van der Waals surface area contributed by atoms with Crippen molar-refractivity contribution in [2.45, 2.75) is 32.3 Å². The maximum Gasteiger partial charge on any atom is 0.125 e. The largest absolute Gasteiger partial charge is 0.507 e. The Morgan fingerprint density at radius 1 is 0.957 bits per heavy atom. The third kappa shape index (κ3) is 3.59. The maximum atomic E-state index is 10.7. The van der Waals surface area contributed by atoms with E-state index in [1.165, 1.54) is 0 Å². The SMILES string of the molecule is COc1cc(OC)cc(C(O)c2cccc(C(C)(C)C)c2O)c1. The first-order valence-corrected chi connectivity index (χ1v) is 7.51. The van der Waals surface area contributed by atoms with E-state index in [9.17, 15) is 10.2 Å². The molecule has 2 N–H and O–H groups in total. The standard InChI is InChI=1S/C19H24O4/c1-19(2,3)16-8-6-7-15(18(16)21)17(20)12-9-13(22-4)11-14(10-12)23-5/h6-11,17,20-21H,1-5H3. The number of rotatable bonds is 4. The third-order valence-corrected chi connectivity index (χ3v) is 3.86. The van der Waals surface area contributed by atoms with Crippen LogP contribution in [0.4, 0.5) is 0 Å². The number of ether oxygens (including phenoxy) is 2. The van der Waals surface area contributed by atoms with Crippen LogP contribution in [0.3, 0.4) is 0 Å². The molecule has 0 bridgehead atoms. The topological polar surface area (TPSA) is 58.9 Å². The van der Waals surface area contributed by atoms with Crippen molar-refractivity contribution in [3.8, 4) is 17.2 Å². The Labute approximate surface area is 137 Å². The van der Waals surface area contributed by atoms with E-state index >= 15 is 0 Å². The Bertz CT molecular complexity index is 664. The summed E-state index contributed by atoms with van der Waals surface area (Å²) in [6.07, 6.45) is -0.971. The van der Waals surface area contributed by atoms with E-state index in [0.717, 1.165) is 5.56 Å². The lowest BCUT2D eigenvalue weighted by Crippen LogP contribution is -2.13. The van der Waals surface area contributed by atoms with Crippen molar-refractivity contribution < 1.29 is 19.7 Å². The van der Waals surface area contributed by atoms with Crippen LogP contribution in [-0.4, -0.2) is 24.4 Å². The molecule has 0 aliphatic rings. The zero-order chi connectivity index (χ0) is 17.2. The van der Waals surface area contributed by atoms with Crippen LogP contribution >= 0.6 is 0 Å². The molecule has 0 fully saturated rings. The number of aliphatic hydroxyl groups is 1. The van der Waals surface area contributed by atoms with Gasteiger partial charge in [-0.1, -0.05) is 39.0 Å². The zero-order valence-corrected chi connectivity index (χ0v) is 14.3. The van der Waals surface area contributed by atoms with Gasteiger partial charge in [-0.05, 0) is 28.7 Å². The first-order chi connectivity index (χ1) is 10.8. The number of benzene rings is 2. The van der Waals surface area contributed by atoms with Gasteiger partial charge in [-0.3, -0.25) is 0 Å². The fourth-order valence-electron chi connectivity index (χ4n) is 2.55. The van der Waals surface area contributed by atoms with Crippen molar-refractivity contribution in [2.75, 3.05) is 14.2 Å². The molecule has 1 unspecified atom stereocenters. The van der Waals surface area contributed by atoms with Crippen molar-refractivity contribution in [2.24, 2.45) is 0 Å². The molecular weight excluding hydrogens is 292 g/mol. The highest BCUT2D eigenvalue weighted by atomic mass is 16.5. The number of aliphatic hydroxyl groups excluding tert-OH is 1. The van der Waals surface area contributed by atoms with E-state index in [0.29, 0.717) is 22.6 Å². The molecule has 2 aromatic rings. The molecule has 0 saturated carbocycles. The molecule has 0 aliphatic heterocycles. The van der Waals surface area contributed by atoms with Gasteiger partial charge in [0.1, 0.15) is 23.4 Å². The Balaban J connectivity index is 2.51. The summed E-state index contributed by atoms with van der Waals surface area (Å²) in [6.45, 7) is 6.06. The Morgan fingerprint density at radius 2 is 1.52 bits per heavy atom. The summed E-state index contributed by atoms with van der Waals surface area (Å²) in [6, 6.07) is 10.6. The van der Waals surface area contributed by atoms with E-state index in [1.807, 2.05) is 32.9 Å². The van der Waals surface area contributed by atoms with Gasteiger partial charge in [0, 0.05) is 11.6 Å². The van der Waals surface area contributed by atoms with Gasteiger partial charge in [0.2, 0.25) is 0 Å². The quantitative estimate of drug-likeness (QED) is 0.901. The smallest absolute Gasteiger partial charge is 0.125 e. The van der Waals surface area contributed by atoms with Crippen LogP contribution in [0.2, 0.25) is 0 Å². The molecule has 0 amide bonds. The predicted molar refractivity (Wildman–Crippen MR) is 90.4 cm³/mol. The fraction of sp³-hybridized carbons (Fsp3) is 0.368. The molecule has 23 heavy (non-hydrogen) atoms. The monoisotopic (exact) mass is 316 g/mol. The first kappa shape index (κ1) is 17.2. The summed E-state index contributed by atoms with van der Waals surface area (Å²) in [5.41, 5.74) is 1.64. The van der Waals surface area contributed by atoms with Gasteiger partial charge in [0.15, 0.2) is 0 Å². The Hall–Kier alpha value is -2.20. The van der Waals surface area contributed by atoms with Crippen molar-refractivity contribution in [1.82, 2.24) is 0 Å². The second kappa shape index (κ2) is 6.50. The van der Waals surface area contributed by atoms with Crippen LogP contribution < -0.4 is 9.47 Å². The number of methoxy groups -OCH3 is 2. The minimum atomic E-state index is -0.971. The third-order valence-electron chi connectivity index (χ3n) is 3.86. The highest BCUT2D eigenvalue weighted by Crippen LogP contribution is 2.39. The number of aromatic hydroxyl groups is 1. The maximum absolute atomic E-state index is 10.7. The molecule has 4 heteroatoms. The number of hydrogen-bond donors (Lipinski definition) is 2. The van der Waals surface area contributed by atoms with Gasteiger partial charge in [-0.25, -0.2) is 0 Å². The van der Waals surface area contributed by atoms with Crippen LogP contribution in [0.15, 0.2) is 36.4 Å². The van der Waals surface area contributed by atoms with Crippen molar-refractivity contribution in [1.29, 1.82) is 0 Å². The zero-order valence-electron chi connectivity index (χ0n) is 14.3. The van der Waals surface area contributed by atoms with Crippen LogP contribution in [0.1, 0.15) is 43.6 Å². The van der Waals surface area contributed by atoms with Crippen molar-refractivity contribution in [3.05, 3.63) is 53.1 Å². The molecule has 1 atom stereocenters. The highest BCUT2D eigenvalue weighted by molar-refractivity contribution is 5.49. The Morgan fingerprint density at radius 3 is 2.00 bits per heavy atom. The van der Waals surface area contributed by atoms with Crippen LogP contribution in [0.5, 0.6) is 17.2 Å². The Kier molecular flexibility index (Phi) is 4.85. The second-order valence-corrected chi connectivity index (χ2v) is 6.54. The summed E-state index contributed by atoms with van der Waals surface area (Å²) in [5.74, 6) is 1.30. The van der Waals surface area contributed by atoms with Gasteiger partial charge < -0.3 is 19.7 Å². The molecule has 0 aliphatic carbocycles. The normalized spacial score (nSPS) is 12.8. The molecule has 2 rings (SSSR count). The fourth-order valence-corrected chi connectivity index (χ4v) is 2.55. The predicted octanol–water partition coefficient (Wildman–Crippen LogP) is 3.79. The minimum absolute atomic E-state index is 0.120. The summed E-state index contributed by atoms with van der Waals surface area (Å²) >= 11 is 0. The lowest BCUT2D eigenvalue weighted by molar-refractivity contribution is 0.214. The lowest BCUT2D eigenvalue weighted by atomic mass is 9.84. The summed E-state index contributed by atoms with van der Waals surface area (Å²) in [5, 5.41) is 21.3. The number of phenolic OH excluding ortho intramolecular Hbond substituents is 1. The van der Waals surface area contributed by atoms with Gasteiger partial charge in [0.25, 0.3) is 0 Å². The molecule has 124 valence electrons. The molecule has 0 aromatic heterocycles. The molecule has 4 nitrogen and oxygen atoms in total. The van der Waals surface area contributed by atoms with Crippen LogP contribution in [0, 0.1) is 0 Å². The van der Waals surface area contributed by atoms with Crippen molar-refractivity contribution in [3.63, 3.8) is 0 Å². The average Bonchev–Trinajstić information content (AvgIpc) is 2.52. The second-order valence-electron chi connectivity index (χ2n) is 6.54. The van der Waals surface area contributed by atoms with Gasteiger partial charge in [-0.15, -0.1) is 0 Å². The highest BCUT2D eigenvalue weighted by Gasteiger charge is 2.23. The van der Waals surface area contributed by atoms with Crippen LogP contribution in [0.25, 0.3) is 0 Å². The molecule has 0 radical (unpaired) electrons. The number of hydrogen-bond acceptors (Lipinski definition) is 4. The lowest BCUT2D eigenvalue weighted by Gasteiger charge is -2.23. The van der Waals surface area contributed by atoms with E-state index in [1.54, 1.807) is 38.5 Å². The first-order valence-electron chi connectivity index (χ1n) is 7.51. The van der Waals surface area contributed by atoms with Gasteiger partial charge >= 0.3 is 0 Å². The van der Waals surface area contributed by atoms with Gasteiger partial charge in [0.05, 0.1) is 14.2 Å². The molecular formula is C19H24O4. The van der Waals surface area contributed by atoms with Crippen LogP contribution in [-0.2, 0) is 5.41 Å².